The highest BCUT2D eigenvalue weighted by Crippen LogP contribution is 2.25. The van der Waals surface area contributed by atoms with E-state index in [0.717, 1.165) is 24.1 Å². The maximum Gasteiger partial charge on any atom is 0.291 e. The first-order valence-electron chi connectivity index (χ1n) is 8.67. The van der Waals surface area contributed by atoms with Gasteiger partial charge in [0.2, 0.25) is 5.82 Å². The van der Waals surface area contributed by atoms with Crippen LogP contribution in [0.3, 0.4) is 0 Å². The lowest BCUT2D eigenvalue weighted by atomic mass is 9.87. The maximum absolute atomic E-state index is 13.4. The lowest BCUT2D eigenvalue weighted by molar-refractivity contribution is -0.00738. The number of aromatic nitrogens is 2. The average Bonchev–Trinajstić information content (AvgIpc) is 2.68. The molecule has 1 aliphatic rings. The number of ether oxygens (including phenoxy) is 1. The Morgan fingerprint density at radius 3 is 2.81 bits per heavy atom. The first kappa shape index (κ1) is 18.3. The van der Waals surface area contributed by atoms with Gasteiger partial charge in [-0.05, 0) is 36.5 Å². The number of piperidine rings is 1. The van der Waals surface area contributed by atoms with Crippen molar-refractivity contribution < 1.29 is 13.9 Å². The summed E-state index contributed by atoms with van der Waals surface area (Å²) in [4.78, 5) is 22.6. The van der Waals surface area contributed by atoms with Crippen molar-refractivity contribution in [2.75, 3.05) is 32.6 Å². The maximum atomic E-state index is 13.4. The Kier molecular flexibility index (Phi) is 5.78. The number of nitrogens with one attached hydrogen (secondary N) is 1. The summed E-state index contributed by atoms with van der Waals surface area (Å²) in [5.74, 6) is -0.00831. The van der Waals surface area contributed by atoms with Crippen LogP contribution >= 0.6 is 0 Å². The highest BCUT2D eigenvalue weighted by atomic mass is 19.1. The van der Waals surface area contributed by atoms with Gasteiger partial charge in [-0.2, -0.15) is 0 Å². The van der Waals surface area contributed by atoms with E-state index in [1.807, 2.05) is 6.07 Å². The number of halogens is 1. The molecule has 2 atom stereocenters. The van der Waals surface area contributed by atoms with Crippen LogP contribution in [0.1, 0.15) is 22.6 Å². The second-order valence-electron chi connectivity index (χ2n) is 6.45. The van der Waals surface area contributed by atoms with Crippen molar-refractivity contribution in [3.63, 3.8) is 0 Å². The van der Waals surface area contributed by atoms with E-state index in [-0.39, 0.29) is 29.6 Å². The number of benzene rings is 1. The minimum atomic E-state index is -0.230. The zero-order valence-corrected chi connectivity index (χ0v) is 15.0. The monoisotopic (exact) mass is 358 g/mol. The highest BCUT2D eigenvalue weighted by molar-refractivity contribution is 5.90. The Bertz CT molecular complexity index is 753. The fourth-order valence-corrected chi connectivity index (χ4v) is 3.33. The Balaban J connectivity index is 1.65. The summed E-state index contributed by atoms with van der Waals surface area (Å²) in [5.41, 5.74) is 1.70. The molecule has 7 heteroatoms. The molecule has 1 aliphatic heterocycles. The smallest absolute Gasteiger partial charge is 0.291 e. The molecule has 138 valence electrons. The van der Waals surface area contributed by atoms with E-state index in [2.05, 4.69) is 15.3 Å². The van der Waals surface area contributed by atoms with Crippen molar-refractivity contribution in [2.24, 2.45) is 5.92 Å². The van der Waals surface area contributed by atoms with E-state index in [0.29, 0.717) is 13.1 Å². The van der Waals surface area contributed by atoms with Gasteiger partial charge in [0, 0.05) is 27.2 Å². The van der Waals surface area contributed by atoms with E-state index in [1.165, 1.54) is 6.07 Å². The summed E-state index contributed by atoms with van der Waals surface area (Å²) in [6.07, 6.45) is 4.59. The Morgan fingerprint density at radius 2 is 2.15 bits per heavy atom. The lowest BCUT2D eigenvalue weighted by Gasteiger charge is -2.37. The third-order valence-corrected chi connectivity index (χ3v) is 4.80. The highest BCUT2D eigenvalue weighted by Gasteiger charge is 2.32. The Morgan fingerprint density at radius 1 is 1.38 bits per heavy atom. The van der Waals surface area contributed by atoms with Gasteiger partial charge in [-0.15, -0.1) is 0 Å². The fraction of sp³-hybridized carbons (Fsp3) is 0.421. The van der Waals surface area contributed by atoms with E-state index in [4.69, 9.17) is 4.74 Å². The molecular formula is C19H23FN4O2. The zero-order chi connectivity index (χ0) is 18.5. The van der Waals surface area contributed by atoms with Crippen molar-refractivity contribution in [2.45, 2.75) is 18.9 Å². The molecule has 2 aromatic rings. The van der Waals surface area contributed by atoms with E-state index >= 15 is 0 Å². The minimum Gasteiger partial charge on any atom is -0.386 e. The van der Waals surface area contributed by atoms with E-state index in [9.17, 15) is 9.18 Å². The van der Waals surface area contributed by atoms with Gasteiger partial charge in [0.15, 0.2) is 0 Å². The number of carbonyl (C=O) groups excluding carboxylic acids is 1. The van der Waals surface area contributed by atoms with Crippen LogP contribution in [0.15, 0.2) is 36.7 Å². The quantitative estimate of drug-likeness (QED) is 0.889. The Hall–Kier alpha value is -2.54. The SMILES string of the molecule is CNc1cnc(C(=O)N2CC[C@H](Cc3cccc(F)c3)[C@H](OC)C2)nc1. The molecule has 0 unspecified atom stereocenters. The van der Waals surface area contributed by atoms with Gasteiger partial charge in [-0.25, -0.2) is 14.4 Å². The van der Waals surface area contributed by atoms with Gasteiger partial charge in [-0.3, -0.25) is 4.79 Å². The second kappa shape index (κ2) is 8.23. The van der Waals surface area contributed by atoms with Crippen LogP contribution in [0.25, 0.3) is 0 Å². The standard InChI is InChI=1S/C19H23FN4O2/c1-21-16-10-22-18(23-11-16)19(25)24-7-6-14(17(12-24)26-2)8-13-4-3-5-15(20)9-13/h3-5,9-11,14,17,21H,6-8,12H2,1-2H3/t14-,17-/m1/s1. The summed E-state index contributed by atoms with van der Waals surface area (Å²) < 4.78 is 19.0. The molecular weight excluding hydrogens is 335 g/mol. The first-order chi connectivity index (χ1) is 12.6. The number of rotatable bonds is 5. The average molecular weight is 358 g/mol. The number of carbonyl (C=O) groups is 1. The molecule has 1 saturated heterocycles. The second-order valence-corrected chi connectivity index (χ2v) is 6.45. The summed E-state index contributed by atoms with van der Waals surface area (Å²) in [7, 11) is 3.42. The van der Waals surface area contributed by atoms with Gasteiger partial charge in [0.1, 0.15) is 5.82 Å². The molecule has 1 aromatic heterocycles. The molecule has 0 spiro atoms. The normalized spacial score (nSPS) is 20.0. The molecule has 0 saturated carbocycles. The zero-order valence-electron chi connectivity index (χ0n) is 15.0. The van der Waals surface area contributed by atoms with Gasteiger partial charge in [0.05, 0.1) is 24.2 Å². The van der Waals surface area contributed by atoms with Crippen LogP contribution < -0.4 is 5.32 Å². The summed E-state index contributed by atoms with van der Waals surface area (Å²) in [5, 5.41) is 2.93. The number of anilines is 1. The van der Waals surface area contributed by atoms with Crippen LogP contribution in [0.2, 0.25) is 0 Å². The van der Waals surface area contributed by atoms with Crippen molar-refractivity contribution in [3.05, 3.63) is 53.9 Å². The van der Waals surface area contributed by atoms with Gasteiger partial charge >= 0.3 is 0 Å². The molecule has 1 amide bonds. The Labute approximate surface area is 152 Å². The van der Waals surface area contributed by atoms with Crippen LogP contribution in [0.5, 0.6) is 0 Å². The van der Waals surface area contributed by atoms with Crippen LogP contribution in [0.4, 0.5) is 10.1 Å². The largest absolute Gasteiger partial charge is 0.386 e. The van der Waals surface area contributed by atoms with Crippen molar-refractivity contribution in [1.29, 1.82) is 0 Å². The summed E-state index contributed by atoms with van der Waals surface area (Å²) in [6.45, 7) is 1.09. The predicted molar refractivity (Wildman–Crippen MR) is 96.5 cm³/mol. The fourth-order valence-electron chi connectivity index (χ4n) is 3.33. The molecule has 6 nitrogen and oxygen atoms in total. The summed E-state index contributed by atoms with van der Waals surface area (Å²) in [6, 6.07) is 6.64. The third-order valence-electron chi connectivity index (χ3n) is 4.80. The van der Waals surface area contributed by atoms with Crippen LogP contribution in [0, 0.1) is 11.7 Å². The van der Waals surface area contributed by atoms with Crippen molar-refractivity contribution in [3.8, 4) is 0 Å². The number of hydrogen-bond acceptors (Lipinski definition) is 5. The molecule has 2 heterocycles. The summed E-state index contributed by atoms with van der Waals surface area (Å²) >= 11 is 0. The van der Waals surface area contributed by atoms with E-state index < -0.39 is 0 Å². The number of likely N-dealkylation sites (tertiary alicyclic amines) is 1. The number of methoxy groups -OCH3 is 1. The van der Waals surface area contributed by atoms with Crippen molar-refractivity contribution >= 4 is 11.6 Å². The molecule has 1 N–H and O–H groups in total. The lowest BCUT2D eigenvalue weighted by Crippen LogP contribution is -2.48. The molecule has 0 bridgehead atoms. The third kappa shape index (κ3) is 4.16. The van der Waals surface area contributed by atoms with Crippen molar-refractivity contribution in [1.82, 2.24) is 14.9 Å². The first-order valence-corrected chi connectivity index (χ1v) is 8.67. The predicted octanol–water partition coefficient (Wildman–Crippen LogP) is 2.38. The number of hydrogen-bond donors (Lipinski definition) is 1. The minimum absolute atomic E-state index is 0.104. The number of amides is 1. The molecule has 1 aromatic carbocycles. The molecule has 3 rings (SSSR count). The van der Waals surface area contributed by atoms with Crippen LogP contribution in [-0.4, -0.2) is 54.1 Å². The molecule has 0 radical (unpaired) electrons. The van der Waals surface area contributed by atoms with E-state index in [1.54, 1.807) is 43.6 Å². The number of nitrogens with zero attached hydrogens (tertiary/aromatic N) is 3. The molecule has 26 heavy (non-hydrogen) atoms. The molecule has 0 aliphatic carbocycles. The topological polar surface area (TPSA) is 67.4 Å². The van der Waals surface area contributed by atoms with Gasteiger partial charge in [-0.1, -0.05) is 12.1 Å². The van der Waals surface area contributed by atoms with Gasteiger partial charge in [0.25, 0.3) is 5.91 Å². The molecule has 1 fully saturated rings. The van der Waals surface area contributed by atoms with Crippen LogP contribution in [-0.2, 0) is 11.2 Å². The van der Waals surface area contributed by atoms with Gasteiger partial charge < -0.3 is 15.0 Å².